The van der Waals surface area contributed by atoms with Gasteiger partial charge in [0, 0.05) is 0 Å². The second-order valence-electron chi connectivity index (χ2n) is 8.18. The lowest BCUT2D eigenvalue weighted by Gasteiger charge is -2.34. The summed E-state index contributed by atoms with van der Waals surface area (Å²) in [6.45, 7) is 9.36. The minimum absolute atomic E-state index is 0.633. The highest BCUT2D eigenvalue weighted by atomic mass is 16.5. The molecule has 1 heteroatoms. The van der Waals surface area contributed by atoms with Gasteiger partial charge in [0.05, 0.1) is 6.61 Å². The number of allylic oxidation sites excluding steroid dienone is 1. The molecular weight excluding hydrogens is 316 g/mol. The number of benzene rings is 1. The number of rotatable bonds is 12. The van der Waals surface area contributed by atoms with Gasteiger partial charge in [-0.05, 0) is 61.1 Å². The Morgan fingerprint density at radius 2 is 1.69 bits per heavy atom. The molecule has 1 atom stereocenters. The van der Waals surface area contributed by atoms with Crippen LogP contribution in [-0.4, -0.2) is 6.61 Å². The zero-order valence-electron chi connectivity index (χ0n) is 17.2. The molecule has 0 saturated heterocycles. The van der Waals surface area contributed by atoms with E-state index >= 15 is 0 Å². The van der Waals surface area contributed by atoms with Gasteiger partial charge < -0.3 is 4.74 Å². The van der Waals surface area contributed by atoms with E-state index in [0.29, 0.717) is 5.92 Å². The van der Waals surface area contributed by atoms with E-state index in [1.54, 1.807) is 0 Å². The van der Waals surface area contributed by atoms with Gasteiger partial charge in [-0.2, -0.15) is 0 Å². The summed E-state index contributed by atoms with van der Waals surface area (Å²) in [5.41, 5.74) is 1.47. The number of ether oxygens (including phenoxy) is 1. The summed E-state index contributed by atoms with van der Waals surface area (Å²) >= 11 is 0. The van der Waals surface area contributed by atoms with E-state index in [-0.39, 0.29) is 0 Å². The highest BCUT2D eigenvalue weighted by Gasteiger charge is 2.27. The fourth-order valence-corrected chi connectivity index (χ4v) is 4.49. The first kappa shape index (κ1) is 21.1. The maximum Gasteiger partial charge on any atom is 0.119 e. The molecule has 2 rings (SSSR count). The van der Waals surface area contributed by atoms with E-state index in [9.17, 15) is 0 Å². The van der Waals surface area contributed by atoms with Gasteiger partial charge in [0.25, 0.3) is 0 Å². The summed E-state index contributed by atoms with van der Waals surface area (Å²) < 4.78 is 5.83. The molecule has 1 aliphatic carbocycles. The fourth-order valence-electron chi connectivity index (χ4n) is 4.49. The standard InChI is InChI=1S/C25H40O/c1-4-7-9-11-21-12-14-22(15-13-21)25(10-6-3)23-16-18-24(19-17-23)26-20-8-5-2/h6,16-19,21-22,25H,3-5,7-15,20H2,1-2H3/t21-,22-,25?. The molecule has 0 aromatic heterocycles. The van der Waals surface area contributed by atoms with Crippen LogP contribution >= 0.6 is 0 Å². The van der Waals surface area contributed by atoms with Crippen LogP contribution in [0.2, 0.25) is 0 Å². The van der Waals surface area contributed by atoms with E-state index in [1.807, 2.05) is 0 Å². The molecular formula is C25H40O. The topological polar surface area (TPSA) is 9.23 Å². The van der Waals surface area contributed by atoms with Crippen molar-refractivity contribution in [3.8, 4) is 5.75 Å². The van der Waals surface area contributed by atoms with Crippen LogP contribution in [-0.2, 0) is 0 Å². The molecule has 0 bridgehead atoms. The number of hydrogen-bond acceptors (Lipinski definition) is 1. The number of hydrogen-bond donors (Lipinski definition) is 0. The fraction of sp³-hybridized carbons (Fsp3) is 0.680. The van der Waals surface area contributed by atoms with Gasteiger partial charge in [-0.15, -0.1) is 6.58 Å². The van der Waals surface area contributed by atoms with Crippen molar-refractivity contribution in [2.75, 3.05) is 6.61 Å². The van der Waals surface area contributed by atoms with Crippen LogP contribution < -0.4 is 4.74 Å². The summed E-state index contributed by atoms with van der Waals surface area (Å²) in [5.74, 6) is 3.45. The van der Waals surface area contributed by atoms with Crippen molar-refractivity contribution >= 4 is 0 Å². The first-order valence-electron chi connectivity index (χ1n) is 11.1. The second-order valence-corrected chi connectivity index (χ2v) is 8.18. The Hall–Kier alpha value is -1.24. The summed E-state index contributed by atoms with van der Waals surface area (Å²) in [6.07, 6.45) is 16.8. The first-order valence-corrected chi connectivity index (χ1v) is 11.1. The molecule has 0 radical (unpaired) electrons. The van der Waals surface area contributed by atoms with Crippen molar-refractivity contribution in [2.24, 2.45) is 11.8 Å². The third-order valence-corrected chi connectivity index (χ3v) is 6.17. The smallest absolute Gasteiger partial charge is 0.119 e. The molecule has 0 heterocycles. The minimum atomic E-state index is 0.633. The number of unbranched alkanes of at least 4 members (excludes halogenated alkanes) is 3. The lowest BCUT2D eigenvalue weighted by molar-refractivity contribution is 0.230. The van der Waals surface area contributed by atoms with Gasteiger partial charge in [0.2, 0.25) is 0 Å². The average Bonchev–Trinajstić information content (AvgIpc) is 2.68. The van der Waals surface area contributed by atoms with Crippen molar-refractivity contribution in [3.63, 3.8) is 0 Å². The van der Waals surface area contributed by atoms with E-state index in [2.05, 4.69) is 50.8 Å². The summed E-state index contributed by atoms with van der Waals surface area (Å²) in [4.78, 5) is 0. The molecule has 1 saturated carbocycles. The zero-order chi connectivity index (χ0) is 18.6. The molecule has 146 valence electrons. The zero-order valence-corrected chi connectivity index (χ0v) is 17.2. The maximum absolute atomic E-state index is 5.83. The van der Waals surface area contributed by atoms with Crippen LogP contribution in [0, 0.1) is 11.8 Å². The Kier molecular flexibility index (Phi) is 9.89. The molecule has 0 spiro atoms. The highest BCUT2D eigenvalue weighted by molar-refractivity contribution is 5.30. The molecule has 1 aliphatic rings. The molecule has 1 fully saturated rings. The third kappa shape index (κ3) is 6.82. The third-order valence-electron chi connectivity index (χ3n) is 6.17. The van der Waals surface area contributed by atoms with Gasteiger partial charge in [-0.25, -0.2) is 0 Å². The van der Waals surface area contributed by atoms with Crippen LogP contribution in [0.3, 0.4) is 0 Å². The normalized spacial score (nSPS) is 21.3. The quantitative estimate of drug-likeness (QED) is 0.273. The van der Waals surface area contributed by atoms with Crippen LogP contribution in [0.25, 0.3) is 0 Å². The largest absolute Gasteiger partial charge is 0.494 e. The molecule has 0 amide bonds. The Morgan fingerprint density at radius 1 is 1.00 bits per heavy atom. The van der Waals surface area contributed by atoms with Gasteiger partial charge in [0.15, 0.2) is 0 Å². The lowest BCUT2D eigenvalue weighted by Crippen LogP contribution is -2.20. The lowest BCUT2D eigenvalue weighted by atomic mass is 9.71. The van der Waals surface area contributed by atoms with Crippen LogP contribution in [0.1, 0.15) is 96.0 Å². The van der Waals surface area contributed by atoms with Gasteiger partial charge >= 0.3 is 0 Å². The SMILES string of the molecule is C=CCC(c1ccc(OCCCC)cc1)[C@H]1CC[C@H](CCCCC)CC1. The van der Waals surface area contributed by atoms with Crippen LogP contribution in [0.4, 0.5) is 0 Å². The Morgan fingerprint density at radius 3 is 2.31 bits per heavy atom. The summed E-state index contributed by atoms with van der Waals surface area (Å²) in [7, 11) is 0. The molecule has 26 heavy (non-hydrogen) atoms. The van der Waals surface area contributed by atoms with Crippen molar-refractivity contribution in [2.45, 2.75) is 90.4 Å². The summed E-state index contributed by atoms with van der Waals surface area (Å²) in [5, 5.41) is 0. The predicted octanol–water partition coefficient (Wildman–Crippen LogP) is 7.91. The minimum Gasteiger partial charge on any atom is -0.494 e. The Balaban J connectivity index is 1.89. The highest BCUT2D eigenvalue weighted by Crippen LogP contribution is 2.41. The van der Waals surface area contributed by atoms with Crippen LogP contribution in [0.5, 0.6) is 5.75 Å². The van der Waals surface area contributed by atoms with Crippen molar-refractivity contribution in [1.82, 2.24) is 0 Å². The van der Waals surface area contributed by atoms with E-state index in [1.165, 1.54) is 63.4 Å². The van der Waals surface area contributed by atoms with Crippen molar-refractivity contribution < 1.29 is 4.74 Å². The molecule has 1 aromatic carbocycles. The Labute approximate surface area is 162 Å². The molecule has 1 nitrogen and oxygen atoms in total. The van der Waals surface area contributed by atoms with Crippen LogP contribution in [0.15, 0.2) is 36.9 Å². The average molecular weight is 357 g/mol. The molecule has 1 unspecified atom stereocenters. The summed E-state index contributed by atoms with van der Waals surface area (Å²) in [6, 6.07) is 8.92. The van der Waals surface area contributed by atoms with E-state index in [4.69, 9.17) is 4.74 Å². The van der Waals surface area contributed by atoms with E-state index < -0.39 is 0 Å². The Bertz CT molecular complexity index is 481. The maximum atomic E-state index is 5.83. The van der Waals surface area contributed by atoms with Gasteiger partial charge in [0.1, 0.15) is 5.75 Å². The van der Waals surface area contributed by atoms with E-state index in [0.717, 1.165) is 37.0 Å². The first-order chi connectivity index (χ1) is 12.8. The monoisotopic (exact) mass is 356 g/mol. The molecule has 1 aromatic rings. The van der Waals surface area contributed by atoms with Crippen molar-refractivity contribution in [1.29, 1.82) is 0 Å². The molecule has 0 N–H and O–H groups in total. The predicted molar refractivity (Wildman–Crippen MR) is 114 cm³/mol. The van der Waals surface area contributed by atoms with Gasteiger partial charge in [-0.1, -0.05) is 77.0 Å². The van der Waals surface area contributed by atoms with Crippen molar-refractivity contribution in [3.05, 3.63) is 42.5 Å². The second kappa shape index (κ2) is 12.2. The molecule has 0 aliphatic heterocycles. The van der Waals surface area contributed by atoms with Gasteiger partial charge in [-0.3, -0.25) is 0 Å².